The molecule has 0 amide bonds. The van der Waals surface area contributed by atoms with E-state index in [-0.39, 0.29) is 6.04 Å². The number of fused-ring (bicyclic) bond motifs is 6. The quantitative estimate of drug-likeness (QED) is 0.207. The summed E-state index contributed by atoms with van der Waals surface area (Å²) in [4.78, 5) is 12.6. The number of hydrogen-bond acceptors (Lipinski definition) is 4. The Hall–Kier alpha value is -5.32. The molecule has 0 radical (unpaired) electrons. The molecule has 0 saturated heterocycles. The van der Waals surface area contributed by atoms with Crippen molar-refractivity contribution in [1.29, 1.82) is 0 Å². The third-order valence-corrected chi connectivity index (χ3v) is 9.95. The van der Waals surface area contributed by atoms with Crippen LogP contribution in [0.3, 0.4) is 0 Å². The van der Waals surface area contributed by atoms with Crippen molar-refractivity contribution in [2.75, 3.05) is 4.90 Å². The predicted molar refractivity (Wildman–Crippen MR) is 185 cm³/mol. The van der Waals surface area contributed by atoms with Crippen LogP contribution in [0.5, 0.6) is 0 Å². The molecule has 3 heterocycles. The van der Waals surface area contributed by atoms with E-state index in [0.29, 0.717) is 5.92 Å². The van der Waals surface area contributed by atoms with E-state index in [1.807, 2.05) is 23.5 Å². The molecule has 2 aromatic heterocycles. The van der Waals surface area contributed by atoms with Crippen molar-refractivity contribution in [3.05, 3.63) is 157 Å². The summed E-state index contributed by atoms with van der Waals surface area (Å²) in [5, 5.41) is 2.70. The average Bonchev–Trinajstić information content (AvgIpc) is 3.62. The molecular formula is C40H27N3S. The highest BCUT2D eigenvalue weighted by molar-refractivity contribution is 7.25. The van der Waals surface area contributed by atoms with E-state index in [1.165, 1.54) is 37.1 Å². The minimum absolute atomic E-state index is 0.242. The van der Waals surface area contributed by atoms with Gasteiger partial charge in [0.05, 0.1) is 17.4 Å². The summed E-state index contributed by atoms with van der Waals surface area (Å²) in [6.45, 7) is 0. The molecule has 44 heavy (non-hydrogen) atoms. The summed E-state index contributed by atoms with van der Waals surface area (Å²) in [5.41, 5.74) is 8.84. The van der Waals surface area contributed by atoms with Crippen molar-refractivity contribution in [2.45, 2.75) is 12.0 Å². The molecule has 0 bridgehead atoms. The molecule has 9 rings (SSSR count). The molecule has 3 nitrogen and oxygen atoms in total. The van der Waals surface area contributed by atoms with Crippen LogP contribution in [0.25, 0.3) is 54.1 Å². The van der Waals surface area contributed by atoms with Crippen molar-refractivity contribution in [2.24, 2.45) is 0 Å². The summed E-state index contributed by atoms with van der Waals surface area (Å²) in [5.74, 6) is 1.04. The molecule has 208 valence electrons. The largest absolute Gasteiger partial charge is 0.333 e. The third kappa shape index (κ3) is 4.10. The number of allylic oxidation sites excluding steroid dienone is 2. The molecule has 4 heteroatoms. The lowest BCUT2D eigenvalue weighted by molar-refractivity contribution is 0.745. The summed E-state index contributed by atoms with van der Waals surface area (Å²) in [6.07, 6.45) is 9.06. The van der Waals surface area contributed by atoms with Gasteiger partial charge in [-0.1, -0.05) is 103 Å². The molecule has 5 aromatic carbocycles. The molecule has 0 fully saturated rings. The zero-order valence-corrected chi connectivity index (χ0v) is 24.7. The number of thiophene rings is 1. The number of anilines is 2. The van der Waals surface area contributed by atoms with E-state index in [0.717, 1.165) is 33.9 Å². The van der Waals surface area contributed by atoms with E-state index in [1.54, 1.807) is 0 Å². The Bertz CT molecular complexity index is 2170. The number of hydrogen-bond donors (Lipinski definition) is 0. The van der Waals surface area contributed by atoms with Gasteiger partial charge in [-0.25, -0.2) is 9.97 Å². The Morgan fingerprint density at radius 1 is 0.545 bits per heavy atom. The fraction of sp³-hybridized carbons (Fsp3) is 0.0500. The Labute approximate surface area is 260 Å². The minimum atomic E-state index is 0.242. The minimum Gasteiger partial charge on any atom is -0.333 e. The van der Waals surface area contributed by atoms with Gasteiger partial charge in [0, 0.05) is 54.2 Å². The van der Waals surface area contributed by atoms with E-state index < -0.39 is 0 Å². The van der Waals surface area contributed by atoms with Gasteiger partial charge in [-0.3, -0.25) is 0 Å². The van der Waals surface area contributed by atoms with Crippen LogP contribution in [-0.2, 0) is 0 Å². The first-order valence-electron chi connectivity index (χ1n) is 15.0. The summed E-state index contributed by atoms with van der Waals surface area (Å²) >= 11 is 1.88. The van der Waals surface area contributed by atoms with Gasteiger partial charge in [-0.2, -0.15) is 0 Å². The second-order valence-corrected chi connectivity index (χ2v) is 12.5. The van der Waals surface area contributed by atoms with Crippen LogP contribution < -0.4 is 4.90 Å². The zero-order chi connectivity index (χ0) is 29.0. The SMILES string of the molecule is C1=CC2c3cc4c(cc3N(c3ccc(-c5nc(-c6ccccc6)cc(-c6ccccc6)n5)cc3)C2C=C1)sc1ccccc14. The van der Waals surface area contributed by atoms with Crippen LogP contribution >= 0.6 is 11.3 Å². The highest BCUT2D eigenvalue weighted by Crippen LogP contribution is 2.51. The van der Waals surface area contributed by atoms with Crippen molar-refractivity contribution >= 4 is 42.9 Å². The second kappa shape index (κ2) is 10.1. The van der Waals surface area contributed by atoms with E-state index in [9.17, 15) is 0 Å². The van der Waals surface area contributed by atoms with Crippen LogP contribution in [-0.4, -0.2) is 16.0 Å². The lowest BCUT2D eigenvalue weighted by Crippen LogP contribution is -2.28. The Balaban J connectivity index is 1.15. The first-order chi connectivity index (χ1) is 21.8. The molecule has 0 N–H and O–H groups in total. The molecule has 2 aliphatic rings. The smallest absolute Gasteiger partial charge is 0.160 e. The normalized spacial score (nSPS) is 16.9. The van der Waals surface area contributed by atoms with Gasteiger partial charge in [0.2, 0.25) is 0 Å². The zero-order valence-electron chi connectivity index (χ0n) is 23.8. The molecule has 1 aliphatic heterocycles. The first kappa shape index (κ1) is 25.2. The van der Waals surface area contributed by atoms with Crippen LogP contribution in [0.1, 0.15) is 11.5 Å². The fourth-order valence-electron chi connectivity index (χ4n) is 6.72. The highest BCUT2D eigenvalue weighted by Gasteiger charge is 2.38. The van der Waals surface area contributed by atoms with Crippen molar-refractivity contribution < 1.29 is 0 Å². The molecule has 0 saturated carbocycles. The fourth-order valence-corrected chi connectivity index (χ4v) is 7.84. The lowest BCUT2D eigenvalue weighted by atomic mass is 9.90. The van der Waals surface area contributed by atoms with Gasteiger partial charge in [0.1, 0.15) is 0 Å². The van der Waals surface area contributed by atoms with Gasteiger partial charge in [0.25, 0.3) is 0 Å². The predicted octanol–water partition coefficient (Wildman–Crippen LogP) is 10.6. The Morgan fingerprint density at radius 3 is 1.93 bits per heavy atom. The summed E-state index contributed by atoms with van der Waals surface area (Å²) in [6, 6.07) is 45.4. The summed E-state index contributed by atoms with van der Waals surface area (Å²) in [7, 11) is 0. The second-order valence-electron chi connectivity index (χ2n) is 11.4. The standard InChI is InChI=1S/C40H27N3S/c1-3-11-26(12-4-1)34-24-35(27-13-5-2-6-14-27)42-40(41-34)28-19-21-29(22-20-28)43-36-17-9-7-15-30(36)32-23-33-31-16-8-10-18-38(31)44-39(33)25-37(32)43/h1-25,30,36H. The molecule has 0 spiro atoms. The van der Waals surface area contributed by atoms with Crippen LogP contribution in [0, 0.1) is 0 Å². The maximum atomic E-state index is 5.04. The molecular weight excluding hydrogens is 555 g/mol. The number of nitrogens with zero attached hydrogens (tertiary/aromatic N) is 3. The van der Waals surface area contributed by atoms with Gasteiger partial charge < -0.3 is 4.90 Å². The molecule has 7 aromatic rings. The van der Waals surface area contributed by atoms with Crippen molar-refractivity contribution in [3.8, 4) is 33.9 Å². The topological polar surface area (TPSA) is 29.0 Å². The van der Waals surface area contributed by atoms with E-state index in [4.69, 9.17) is 9.97 Å². The van der Waals surface area contributed by atoms with Crippen molar-refractivity contribution in [3.63, 3.8) is 0 Å². The molecule has 1 aliphatic carbocycles. The highest BCUT2D eigenvalue weighted by atomic mass is 32.1. The summed E-state index contributed by atoms with van der Waals surface area (Å²) < 4.78 is 2.67. The number of benzene rings is 5. The maximum Gasteiger partial charge on any atom is 0.160 e. The maximum absolute atomic E-state index is 5.04. The van der Waals surface area contributed by atoms with Crippen LogP contribution in [0.4, 0.5) is 11.4 Å². The average molecular weight is 582 g/mol. The van der Waals surface area contributed by atoms with Crippen molar-refractivity contribution in [1.82, 2.24) is 9.97 Å². The monoisotopic (exact) mass is 581 g/mol. The molecule has 2 unspecified atom stereocenters. The van der Waals surface area contributed by atoms with Crippen LogP contribution in [0.15, 0.2) is 152 Å². The number of rotatable bonds is 4. The third-order valence-electron chi connectivity index (χ3n) is 8.82. The Kier molecular flexibility index (Phi) is 5.81. The first-order valence-corrected chi connectivity index (χ1v) is 15.8. The molecule has 2 atom stereocenters. The van der Waals surface area contributed by atoms with Gasteiger partial charge in [-0.05, 0) is 54.1 Å². The van der Waals surface area contributed by atoms with Gasteiger partial charge in [-0.15, -0.1) is 11.3 Å². The van der Waals surface area contributed by atoms with Gasteiger partial charge >= 0.3 is 0 Å². The van der Waals surface area contributed by atoms with Crippen LogP contribution in [0.2, 0.25) is 0 Å². The van der Waals surface area contributed by atoms with E-state index in [2.05, 4.69) is 144 Å². The van der Waals surface area contributed by atoms with Gasteiger partial charge in [0.15, 0.2) is 5.82 Å². The number of aromatic nitrogens is 2. The van der Waals surface area contributed by atoms with E-state index >= 15 is 0 Å². The Morgan fingerprint density at radius 2 is 1.20 bits per heavy atom. The lowest BCUT2D eigenvalue weighted by Gasteiger charge is -2.28.